The summed E-state index contributed by atoms with van der Waals surface area (Å²) in [4.78, 5) is 16.1. The molecule has 2 aromatic rings. The number of aromatic amines is 1. The van der Waals surface area contributed by atoms with Crippen LogP contribution in [0.3, 0.4) is 0 Å². The SMILES string of the molecule is Cc1csc(NC(=O)c2cc(CC(C)C)[nH]n2)n1. The lowest BCUT2D eigenvalue weighted by molar-refractivity contribution is 0.102. The number of nitrogens with one attached hydrogen (secondary N) is 2. The molecule has 0 aromatic carbocycles. The van der Waals surface area contributed by atoms with Crippen molar-refractivity contribution in [3.63, 3.8) is 0 Å². The summed E-state index contributed by atoms with van der Waals surface area (Å²) in [5, 5.41) is 12.1. The summed E-state index contributed by atoms with van der Waals surface area (Å²) in [5.41, 5.74) is 2.28. The summed E-state index contributed by atoms with van der Waals surface area (Å²) in [5.74, 6) is 0.304. The van der Waals surface area contributed by atoms with E-state index in [9.17, 15) is 4.79 Å². The molecule has 1 amide bonds. The average molecular weight is 264 g/mol. The van der Waals surface area contributed by atoms with Gasteiger partial charge in [0.1, 0.15) is 0 Å². The van der Waals surface area contributed by atoms with Crippen LogP contribution < -0.4 is 5.32 Å². The predicted octanol–water partition coefficient (Wildman–Crippen LogP) is 2.63. The molecule has 2 heterocycles. The Balaban J connectivity index is 2.02. The predicted molar refractivity (Wildman–Crippen MR) is 71.9 cm³/mol. The maximum atomic E-state index is 11.9. The van der Waals surface area contributed by atoms with Gasteiger partial charge in [-0.2, -0.15) is 5.10 Å². The highest BCUT2D eigenvalue weighted by Crippen LogP contribution is 2.15. The highest BCUT2D eigenvalue weighted by molar-refractivity contribution is 7.13. The van der Waals surface area contributed by atoms with Crippen molar-refractivity contribution in [3.05, 3.63) is 28.5 Å². The number of carbonyl (C=O) groups excluding carboxylic acids is 1. The van der Waals surface area contributed by atoms with Gasteiger partial charge >= 0.3 is 0 Å². The van der Waals surface area contributed by atoms with Crippen LogP contribution in [0.25, 0.3) is 0 Å². The van der Waals surface area contributed by atoms with E-state index in [0.29, 0.717) is 16.7 Å². The van der Waals surface area contributed by atoms with Crippen molar-refractivity contribution in [2.75, 3.05) is 5.32 Å². The Labute approximate surface area is 110 Å². The van der Waals surface area contributed by atoms with Gasteiger partial charge in [0.05, 0.1) is 5.69 Å². The fraction of sp³-hybridized carbons (Fsp3) is 0.417. The molecule has 2 rings (SSSR count). The van der Waals surface area contributed by atoms with E-state index in [4.69, 9.17) is 0 Å². The van der Waals surface area contributed by atoms with Gasteiger partial charge in [-0.1, -0.05) is 13.8 Å². The van der Waals surface area contributed by atoms with Gasteiger partial charge < -0.3 is 0 Å². The lowest BCUT2D eigenvalue weighted by Gasteiger charge is -1.99. The molecule has 2 aromatic heterocycles. The van der Waals surface area contributed by atoms with Crippen molar-refractivity contribution in [2.45, 2.75) is 27.2 Å². The molecule has 0 aliphatic carbocycles. The van der Waals surface area contributed by atoms with Gasteiger partial charge in [-0.05, 0) is 25.3 Å². The normalized spacial score (nSPS) is 10.9. The zero-order chi connectivity index (χ0) is 13.1. The van der Waals surface area contributed by atoms with E-state index in [1.54, 1.807) is 6.07 Å². The van der Waals surface area contributed by atoms with E-state index in [1.807, 2.05) is 12.3 Å². The first-order valence-corrected chi connectivity index (χ1v) is 6.70. The topological polar surface area (TPSA) is 70.7 Å². The van der Waals surface area contributed by atoms with E-state index in [-0.39, 0.29) is 5.91 Å². The Morgan fingerprint density at radius 3 is 2.94 bits per heavy atom. The number of rotatable bonds is 4. The van der Waals surface area contributed by atoms with Crippen LogP contribution in [0.2, 0.25) is 0 Å². The standard InChI is InChI=1S/C12H16N4OS/c1-7(2)4-9-5-10(16-15-9)11(17)14-12-13-8(3)6-18-12/h5-7H,4H2,1-3H3,(H,15,16)(H,13,14,17). The molecular formula is C12H16N4OS. The summed E-state index contributed by atoms with van der Waals surface area (Å²) in [6.45, 7) is 6.14. The van der Waals surface area contributed by atoms with E-state index in [0.717, 1.165) is 17.8 Å². The van der Waals surface area contributed by atoms with Crippen molar-refractivity contribution in [1.82, 2.24) is 15.2 Å². The van der Waals surface area contributed by atoms with Gasteiger partial charge in [-0.15, -0.1) is 11.3 Å². The highest BCUT2D eigenvalue weighted by atomic mass is 32.1. The molecule has 0 atom stereocenters. The Bertz CT molecular complexity index is 544. The second-order valence-electron chi connectivity index (χ2n) is 4.62. The fourth-order valence-corrected chi connectivity index (χ4v) is 2.28. The minimum absolute atomic E-state index is 0.226. The molecule has 0 aliphatic rings. The Morgan fingerprint density at radius 2 is 2.33 bits per heavy atom. The number of aromatic nitrogens is 3. The molecular weight excluding hydrogens is 248 g/mol. The van der Waals surface area contributed by atoms with Crippen molar-refractivity contribution in [1.29, 1.82) is 0 Å². The van der Waals surface area contributed by atoms with Crippen LogP contribution >= 0.6 is 11.3 Å². The van der Waals surface area contributed by atoms with Crippen LogP contribution in [0.5, 0.6) is 0 Å². The van der Waals surface area contributed by atoms with Crippen molar-refractivity contribution in [3.8, 4) is 0 Å². The van der Waals surface area contributed by atoms with Crippen LogP contribution in [0, 0.1) is 12.8 Å². The number of carbonyl (C=O) groups is 1. The van der Waals surface area contributed by atoms with E-state index in [2.05, 4.69) is 34.3 Å². The molecule has 2 N–H and O–H groups in total. The summed E-state index contributed by atoms with van der Waals surface area (Å²) >= 11 is 1.41. The Kier molecular flexibility index (Phi) is 3.76. The van der Waals surface area contributed by atoms with E-state index in [1.165, 1.54) is 11.3 Å². The number of nitrogens with zero attached hydrogens (tertiary/aromatic N) is 2. The molecule has 0 unspecified atom stereocenters. The molecule has 6 heteroatoms. The minimum atomic E-state index is -0.226. The van der Waals surface area contributed by atoms with Crippen LogP contribution in [0.15, 0.2) is 11.4 Å². The van der Waals surface area contributed by atoms with Gasteiger partial charge in [0, 0.05) is 11.1 Å². The summed E-state index contributed by atoms with van der Waals surface area (Å²) in [7, 11) is 0. The second-order valence-corrected chi connectivity index (χ2v) is 5.48. The van der Waals surface area contributed by atoms with Gasteiger partial charge in [-0.25, -0.2) is 4.98 Å². The summed E-state index contributed by atoms with van der Waals surface area (Å²) in [6.07, 6.45) is 0.886. The number of amides is 1. The van der Waals surface area contributed by atoms with Gasteiger partial charge in [-0.3, -0.25) is 15.2 Å². The summed E-state index contributed by atoms with van der Waals surface area (Å²) in [6, 6.07) is 1.79. The Hall–Kier alpha value is -1.69. The van der Waals surface area contributed by atoms with E-state index < -0.39 is 0 Å². The zero-order valence-electron chi connectivity index (χ0n) is 10.7. The quantitative estimate of drug-likeness (QED) is 0.891. The largest absolute Gasteiger partial charge is 0.296 e. The van der Waals surface area contributed by atoms with Crippen LogP contribution in [0.1, 0.15) is 35.7 Å². The van der Waals surface area contributed by atoms with Gasteiger partial charge in [0.15, 0.2) is 10.8 Å². The third-order valence-electron chi connectivity index (χ3n) is 2.33. The third kappa shape index (κ3) is 3.16. The fourth-order valence-electron chi connectivity index (χ4n) is 1.59. The zero-order valence-corrected chi connectivity index (χ0v) is 11.5. The Morgan fingerprint density at radius 1 is 1.56 bits per heavy atom. The van der Waals surface area contributed by atoms with Gasteiger partial charge in [0.25, 0.3) is 5.91 Å². The first kappa shape index (κ1) is 12.8. The monoisotopic (exact) mass is 264 g/mol. The van der Waals surface area contributed by atoms with Crippen molar-refractivity contribution >= 4 is 22.4 Å². The smallest absolute Gasteiger partial charge is 0.277 e. The first-order chi connectivity index (χ1) is 8.54. The molecule has 0 saturated heterocycles. The van der Waals surface area contributed by atoms with Gasteiger partial charge in [0.2, 0.25) is 0 Å². The lowest BCUT2D eigenvalue weighted by Crippen LogP contribution is -2.12. The maximum Gasteiger partial charge on any atom is 0.277 e. The summed E-state index contributed by atoms with van der Waals surface area (Å²) < 4.78 is 0. The number of hydrogen-bond donors (Lipinski definition) is 2. The number of hydrogen-bond acceptors (Lipinski definition) is 4. The molecule has 5 nitrogen and oxygen atoms in total. The molecule has 96 valence electrons. The highest BCUT2D eigenvalue weighted by Gasteiger charge is 2.12. The number of H-pyrrole nitrogens is 1. The first-order valence-electron chi connectivity index (χ1n) is 5.82. The van der Waals surface area contributed by atoms with Crippen molar-refractivity contribution < 1.29 is 4.79 Å². The number of anilines is 1. The number of aryl methyl sites for hydroxylation is 1. The average Bonchev–Trinajstić information content (AvgIpc) is 2.87. The molecule has 0 spiro atoms. The van der Waals surface area contributed by atoms with Crippen LogP contribution in [-0.2, 0) is 6.42 Å². The molecule has 0 saturated carbocycles. The lowest BCUT2D eigenvalue weighted by atomic mass is 10.1. The minimum Gasteiger partial charge on any atom is -0.296 e. The molecule has 0 radical (unpaired) electrons. The van der Waals surface area contributed by atoms with E-state index >= 15 is 0 Å². The molecule has 18 heavy (non-hydrogen) atoms. The van der Waals surface area contributed by atoms with Crippen LogP contribution in [-0.4, -0.2) is 21.1 Å². The van der Waals surface area contributed by atoms with Crippen LogP contribution in [0.4, 0.5) is 5.13 Å². The molecule has 0 aliphatic heterocycles. The maximum absolute atomic E-state index is 11.9. The van der Waals surface area contributed by atoms with Crippen molar-refractivity contribution in [2.24, 2.45) is 5.92 Å². The third-order valence-corrected chi connectivity index (χ3v) is 3.21. The number of thiazole rings is 1. The second kappa shape index (κ2) is 5.30. The molecule has 0 bridgehead atoms. The molecule has 0 fully saturated rings.